The SMILES string of the molecule is CO[C@H]1CC[C@@]2(C)C(=CC[C@@H]3[C@@H]2CC[C@@]2(C)[C@H]3CC[C@]23CN(C)C2(CCN(C)CC2)O3)C1. The minimum Gasteiger partial charge on any atom is -0.381 e. The van der Waals surface area contributed by atoms with Crippen LogP contribution >= 0.6 is 0 Å². The van der Waals surface area contributed by atoms with Gasteiger partial charge in [-0.1, -0.05) is 25.5 Å². The maximum atomic E-state index is 7.38. The number of likely N-dealkylation sites (tertiary alicyclic amines) is 1. The van der Waals surface area contributed by atoms with E-state index in [2.05, 4.69) is 43.8 Å². The van der Waals surface area contributed by atoms with Gasteiger partial charge in [0.2, 0.25) is 0 Å². The van der Waals surface area contributed by atoms with E-state index < -0.39 is 0 Å². The molecule has 2 aliphatic heterocycles. The van der Waals surface area contributed by atoms with Gasteiger partial charge in [-0.2, -0.15) is 0 Å². The van der Waals surface area contributed by atoms with E-state index in [1.807, 2.05) is 7.11 Å². The molecule has 6 rings (SSSR count). The number of allylic oxidation sites excluding steroid dienone is 1. The Kier molecular flexibility index (Phi) is 5.03. The van der Waals surface area contributed by atoms with Crippen molar-refractivity contribution in [2.45, 2.75) is 95.5 Å². The quantitative estimate of drug-likeness (QED) is 0.528. The van der Waals surface area contributed by atoms with Crippen molar-refractivity contribution in [3.05, 3.63) is 11.6 Å². The van der Waals surface area contributed by atoms with Crippen LogP contribution in [0.5, 0.6) is 0 Å². The van der Waals surface area contributed by atoms with Gasteiger partial charge in [-0.15, -0.1) is 0 Å². The highest BCUT2D eigenvalue weighted by Crippen LogP contribution is 2.69. The molecular formula is C28H46N2O2. The molecule has 2 saturated heterocycles. The van der Waals surface area contributed by atoms with Crippen LogP contribution in [-0.4, -0.2) is 68.1 Å². The Balaban J connectivity index is 1.28. The molecule has 0 aromatic carbocycles. The van der Waals surface area contributed by atoms with Crippen molar-refractivity contribution in [3.63, 3.8) is 0 Å². The summed E-state index contributed by atoms with van der Waals surface area (Å²) in [6.07, 6.45) is 15.9. The van der Waals surface area contributed by atoms with Crippen LogP contribution < -0.4 is 0 Å². The molecule has 0 aromatic heterocycles. The summed E-state index contributed by atoms with van der Waals surface area (Å²) in [6, 6.07) is 0. The zero-order valence-corrected chi connectivity index (χ0v) is 21.3. The number of ether oxygens (including phenoxy) is 2. The van der Waals surface area contributed by atoms with Crippen LogP contribution in [0.2, 0.25) is 0 Å². The van der Waals surface area contributed by atoms with E-state index >= 15 is 0 Å². The topological polar surface area (TPSA) is 24.9 Å². The number of hydrogen-bond donors (Lipinski definition) is 0. The lowest BCUT2D eigenvalue weighted by Gasteiger charge is -2.59. The number of rotatable bonds is 1. The van der Waals surface area contributed by atoms with Gasteiger partial charge in [-0.25, -0.2) is 0 Å². The number of fused-ring (bicyclic) bond motifs is 6. The number of nitrogens with zero attached hydrogens (tertiary/aromatic N) is 2. The third-order valence-electron chi connectivity index (χ3n) is 12.0. The van der Waals surface area contributed by atoms with Crippen molar-refractivity contribution in [2.24, 2.45) is 28.6 Å². The number of piperidine rings is 1. The van der Waals surface area contributed by atoms with E-state index in [0.717, 1.165) is 24.3 Å². The minimum absolute atomic E-state index is 0.00852. The molecule has 4 aliphatic carbocycles. The maximum absolute atomic E-state index is 7.38. The smallest absolute Gasteiger partial charge is 0.124 e. The van der Waals surface area contributed by atoms with E-state index in [9.17, 15) is 0 Å². The Bertz CT molecular complexity index is 788. The van der Waals surface area contributed by atoms with Crippen LogP contribution in [-0.2, 0) is 9.47 Å². The van der Waals surface area contributed by atoms with Gasteiger partial charge in [-0.3, -0.25) is 4.90 Å². The summed E-state index contributed by atoms with van der Waals surface area (Å²) in [6.45, 7) is 8.74. The molecule has 0 unspecified atom stereocenters. The lowest BCUT2D eigenvalue weighted by atomic mass is 9.47. The standard InChI is InChI=1S/C28H46N2O2/c1-25-11-8-21(31-5)18-20(25)6-7-22-23(25)9-12-26(2)24(22)10-13-27(26)19-30(4)28(32-27)14-16-29(3)17-15-28/h6,21-24H,7-19H2,1-5H3/t21-,22+,23-,24-,25-,26-,27-/m0/s1. The number of hydrogen-bond acceptors (Lipinski definition) is 4. The third kappa shape index (κ3) is 2.82. The van der Waals surface area contributed by atoms with E-state index in [-0.39, 0.29) is 11.3 Å². The lowest BCUT2D eigenvalue weighted by molar-refractivity contribution is -0.203. The Morgan fingerprint density at radius 1 is 0.969 bits per heavy atom. The van der Waals surface area contributed by atoms with Crippen molar-refractivity contribution in [2.75, 3.05) is 40.8 Å². The van der Waals surface area contributed by atoms with E-state index in [1.165, 1.54) is 77.3 Å². The molecule has 4 nitrogen and oxygen atoms in total. The van der Waals surface area contributed by atoms with Crippen LogP contribution in [0.15, 0.2) is 11.6 Å². The molecule has 0 amide bonds. The largest absolute Gasteiger partial charge is 0.381 e. The summed E-state index contributed by atoms with van der Waals surface area (Å²) in [4.78, 5) is 5.11. The van der Waals surface area contributed by atoms with Crippen molar-refractivity contribution in [3.8, 4) is 0 Å². The van der Waals surface area contributed by atoms with Crippen molar-refractivity contribution < 1.29 is 9.47 Å². The molecule has 7 atom stereocenters. The van der Waals surface area contributed by atoms with Crippen LogP contribution in [0, 0.1) is 28.6 Å². The Morgan fingerprint density at radius 2 is 1.72 bits per heavy atom. The fraction of sp³-hybridized carbons (Fsp3) is 0.929. The van der Waals surface area contributed by atoms with Gasteiger partial charge in [0.05, 0.1) is 11.7 Å². The summed E-state index contributed by atoms with van der Waals surface area (Å²) >= 11 is 0. The van der Waals surface area contributed by atoms with Gasteiger partial charge in [-0.05, 0) is 88.6 Å². The molecule has 32 heavy (non-hydrogen) atoms. The van der Waals surface area contributed by atoms with Gasteiger partial charge >= 0.3 is 0 Å². The van der Waals surface area contributed by atoms with Crippen molar-refractivity contribution >= 4 is 0 Å². The van der Waals surface area contributed by atoms with Crippen LogP contribution in [0.3, 0.4) is 0 Å². The fourth-order valence-electron chi connectivity index (χ4n) is 9.80. The third-order valence-corrected chi connectivity index (χ3v) is 12.0. The predicted octanol–water partition coefficient (Wildman–Crippen LogP) is 5.09. The molecule has 0 aromatic rings. The normalized spacial score (nSPS) is 50.8. The van der Waals surface area contributed by atoms with E-state index in [1.54, 1.807) is 5.57 Å². The molecular weight excluding hydrogens is 396 g/mol. The first-order valence-corrected chi connectivity index (χ1v) is 13.6. The molecule has 0 bridgehead atoms. The van der Waals surface area contributed by atoms with E-state index in [4.69, 9.17) is 9.47 Å². The Hall–Kier alpha value is -0.420. The summed E-state index contributed by atoms with van der Waals surface area (Å²) < 4.78 is 13.2. The summed E-state index contributed by atoms with van der Waals surface area (Å²) in [5.41, 5.74) is 2.55. The molecule has 180 valence electrons. The van der Waals surface area contributed by atoms with Crippen LogP contribution in [0.1, 0.15) is 78.1 Å². The molecule has 6 aliphatic rings. The second kappa shape index (κ2) is 7.29. The lowest BCUT2D eigenvalue weighted by Crippen LogP contribution is -2.56. The van der Waals surface area contributed by atoms with E-state index in [0.29, 0.717) is 16.9 Å². The predicted molar refractivity (Wildman–Crippen MR) is 128 cm³/mol. The van der Waals surface area contributed by atoms with Gasteiger partial charge in [0.25, 0.3) is 0 Å². The Morgan fingerprint density at radius 3 is 2.47 bits per heavy atom. The van der Waals surface area contributed by atoms with Crippen LogP contribution in [0.4, 0.5) is 0 Å². The highest BCUT2D eigenvalue weighted by molar-refractivity contribution is 5.27. The number of likely N-dealkylation sites (N-methyl/N-ethyl adjacent to an activating group) is 1. The first-order chi connectivity index (χ1) is 15.3. The molecule has 4 heteroatoms. The molecule has 0 radical (unpaired) electrons. The first kappa shape index (κ1) is 22.1. The maximum Gasteiger partial charge on any atom is 0.124 e. The highest BCUT2D eigenvalue weighted by Gasteiger charge is 2.69. The Labute approximate surface area is 196 Å². The van der Waals surface area contributed by atoms with Crippen LogP contribution in [0.25, 0.3) is 0 Å². The second-order valence-electron chi connectivity index (χ2n) is 13.1. The fourth-order valence-corrected chi connectivity index (χ4v) is 9.80. The molecule has 2 spiro atoms. The molecule has 0 N–H and O–H groups in total. The van der Waals surface area contributed by atoms with Gasteiger partial charge in [0.15, 0.2) is 0 Å². The highest BCUT2D eigenvalue weighted by atomic mass is 16.6. The van der Waals surface area contributed by atoms with Gasteiger partial charge in [0, 0.05) is 45.0 Å². The zero-order chi connectivity index (χ0) is 22.4. The van der Waals surface area contributed by atoms with Gasteiger partial charge < -0.3 is 14.4 Å². The monoisotopic (exact) mass is 442 g/mol. The summed E-state index contributed by atoms with van der Waals surface area (Å²) in [5.74, 6) is 2.54. The number of methoxy groups -OCH3 is 1. The first-order valence-electron chi connectivity index (χ1n) is 13.6. The minimum atomic E-state index is -0.00852. The van der Waals surface area contributed by atoms with Gasteiger partial charge in [0.1, 0.15) is 5.72 Å². The molecule has 2 heterocycles. The van der Waals surface area contributed by atoms with Crippen molar-refractivity contribution in [1.29, 1.82) is 0 Å². The average Bonchev–Trinajstić information content (AvgIpc) is 3.22. The van der Waals surface area contributed by atoms with Crippen molar-refractivity contribution in [1.82, 2.24) is 9.80 Å². The second-order valence-corrected chi connectivity index (χ2v) is 13.1. The summed E-state index contributed by atoms with van der Waals surface area (Å²) in [5, 5.41) is 0. The molecule has 3 saturated carbocycles. The average molecular weight is 443 g/mol. The summed E-state index contributed by atoms with van der Waals surface area (Å²) in [7, 11) is 6.52. The molecule has 5 fully saturated rings. The zero-order valence-electron chi connectivity index (χ0n) is 21.3.